The van der Waals surface area contributed by atoms with Crippen molar-refractivity contribution in [1.29, 1.82) is 0 Å². The summed E-state index contributed by atoms with van der Waals surface area (Å²) in [5.74, 6) is 0.283. The van der Waals surface area contributed by atoms with E-state index in [4.69, 9.17) is 4.74 Å². The first-order valence-electron chi connectivity index (χ1n) is 9.44. The van der Waals surface area contributed by atoms with Crippen LogP contribution in [0.5, 0.6) is 5.75 Å². The minimum Gasteiger partial charge on any atom is -0.497 e. The van der Waals surface area contributed by atoms with E-state index >= 15 is 0 Å². The molecule has 3 aromatic carbocycles. The van der Waals surface area contributed by atoms with Crippen LogP contribution in [0, 0.1) is 6.92 Å². The van der Waals surface area contributed by atoms with Crippen molar-refractivity contribution < 1.29 is 17.9 Å². The summed E-state index contributed by atoms with van der Waals surface area (Å²) in [6.07, 6.45) is 1.51. The van der Waals surface area contributed by atoms with Crippen molar-refractivity contribution in [3.8, 4) is 5.75 Å². The van der Waals surface area contributed by atoms with Gasteiger partial charge in [0.1, 0.15) is 5.75 Å². The number of benzene rings is 3. The van der Waals surface area contributed by atoms with E-state index in [1.54, 1.807) is 61.7 Å². The first kappa shape index (κ1) is 22.0. The van der Waals surface area contributed by atoms with E-state index in [-0.39, 0.29) is 4.90 Å². The zero-order valence-corrected chi connectivity index (χ0v) is 18.3. The standard InChI is InChI=1S/C23H23N3O4S/c1-17-7-13-22(14-8-17)31(28,29)26(2)20-11-9-19(10-12-20)23(27)25-24-16-18-5-4-6-21(15-18)30-3/h4-16H,1-3H3,(H,25,27)/b24-16-. The molecule has 160 valence electrons. The molecule has 0 saturated carbocycles. The number of amides is 1. The molecule has 0 heterocycles. The summed E-state index contributed by atoms with van der Waals surface area (Å²) in [5.41, 5.74) is 5.00. The van der Waals surface area contributed by atoms with Crippen molar-refractivity contribution in [2.24, 2.45) is 5.10 Å². The monoisotopic (exact) mass is 437 g/mol. The third-order valence-corrected chi connectivity index (χ3v) is 6.45. The van der Waals surface area contributed by atoms with E-state index in [2.05, 4.69) is 10.5 Å². The molecule has 1 N–H and O–H groups in total. The maximum Gasteiger partial charge on any atom is 0.271 e. The SMILES string of the molecule is COc1cccc(/C=N\NC(=O)c2ccc(N(C)S(=O)(=O)c3ccc(C)cc3)cc2)c1. The molecule has 0 radical (unpaired) electrons. The Labute approximate surface area is 182 Å². The minimum atomic E-state index is -3.69. The number of sulfonamides is 1. The topological polar surface area (TPSA) is 88.1 Å². The quantitative estimate of drug-likeness (QED) is 0.452. The second kappa shape index (κ2) is 9.44. The van der Waals surface area contributed by atoms with Crippen LogP contribution in [-0.4, -0.2) is 34.7 Å². The number of nitrogens with zero attached hydrogens (tertiary/aromatic N) is 2. The van der Waals surface area contributed by atoms with Gasteiger partial charge in [-0.15, -0.1) is 0 Å². The lowest BCUT2D eigenvalue weighted by molar-refractivity contribution is 0.0955. The van der Waals surface area contributed by atoms with Gasteiger partial charge in [-0.25, -0.2) is 13.8 Å². The van der Waals surface area contributed by atoms with E-state index in [1.165, 1.54) is 17.6 Å². The second-order valence-corrected chi connectivity index (χ2v) is 8.78. The molecule has 0 bridgehead atoms. The van der Waals surface area contributed by atoms with Crippen molar-refractivity contribution in [3.05, 3.63) is 89.5 Å². The van der Waals surface area contributed by atoms with Crippen LogP contribution in [0.4, 0.5) is 5.69 Å². The molecule has 3 rings (SSSR count). The van der Waals surface area contributed by atoms with E-state index in [0.29, 0.717) is 17.0 Å². The van der Waals surface area contributed by atoms with E-state index in [9.17, 15) is 13.2 Å². The molecular weight excluding hydrogens is 414 g/mol. The Morgan fingerprint density at radius 3 is 2.35 bits per heavy atom. The average molecular weight is 438 g/mol. The highest BCUT2D eigenvalue weighted by atomic mass is 32.2. The second-order valence-electron chi connectivity index (χ2n) is 6.81. The van der Waals surface area contributed by atoms with Crippen molar-refractivity contribution in [2.45, 2.75) is 11.8 Å². The Balaban J connectivity index is 1.68. The Morgan fingerprint density at radius 1 is 1.03 bits per heavy atom. The van der Waals surface area contributed by atoms with Crippen molar-refractivity contribution in [3.63, 3.8) is 0 Å². The molecular formula is C23H23N3O4S. The third-order valence-electron chi connectivity index (χ3n) is 4.65. The molecule has 0 aliphatic rings. The lowest BCUT2D eigenvalue weighted by Gasteiger charge is -2.19. The fourth-order valence-corrected chi connectivity index (χ4v) is 3.98. The molecule has 0 aliphatic carbocycles. The number of hydrogen-bond donors (Lipinski definition) is 1. The van der Waals surface area contributed by atoms with E-state index in [0.717, 1.165) is 11.1 Å². The highest BCUT2D eigenvalue weighted by Crippen LogP contribution is 2.22. The van der Waals surface area contributed by atoms with Gasteiger partial charge in [-0.2, -0.15) is 5.10 Å². The van der Waals surface area contributed by atoms with Crippen LogP contribution in [-0.2, 0) is 10.0 Å². The van der Waals surface area contributed by atoms with Gasteiger partial charge in [0, 0.05) is 12.6 Å². The normalized spacial score (nSPS) is 11.3. The zero-order valence-electron chi connectivity index (χ0n) is 17.4. The number of anilines is 1. The Hall–Kier alpha value is -3.65. The lowest BCUT2D eigenvalue weighted by atomic mass is 10.2. The van der Waals surface area contributed by atoms with Crippen LogP contribution in [0.3, 0.4) is 0 Å². The van der Waals surface area contributed by atoms with Gasteiger partial charge in [-0.1, -0.05) is 29.8 Å². The molecule has 0 fully saturated rings. The number of aryl methyl sites for hydroxylation is 1. The van der Waals surface area contributed by atoms with Gasteiger partial charge in [0.2, 0.25) is 0 Å². The Kier molecular flexibility index (Phi) is 6.71. The molecule has 0 saturated heterocycles. The van der Waals surface area contributed by atoms with Crippen LogP contribution in [0.1, 0.15) is 21.5 Å². The van der Waals surface area contributed by atoms with Gasteiger partial charge in [0.15, 0.2) is 0 Å². The number of carbonyl (C=O) groups is 1. The molecule has 3 aromatic rings. The predicted molar refractivity (Wildman–Crippen MR) is 121 cm³/mol. The summed E-state index contributed by atoms with van der Waals surface area (Å²) >= 11 is 0. The number of carbonyl (C=O) groups excluding carboxylic acids is 1. The molecule has 31 heavy (non-hydrogen) atoms. The smallest absolute Gasteiger partial charge is 0.271 e. The Bertz CT molecular complexity index is 1190. The highest BCUT2D eigenvalue weighted by Gasteiger charge is 2.21. The van der Waals surface area contributed by atoms with Crippen LogP contribution >= 0.6 is 0 Å². The first-order valence-corrected chi connectivity index (χ1v) is 10.9. The number of nitrogens with one attached hydrogen (secondary N) is 1. The van der Waals surface area contributed by atoms with Crippen LogP contribution in [0.15, 0.2) is 82.8 Å². The highest BCUT2D eigenvalue weighted by molar-refractivity contribution is 7.92. The van der Waals surface area contributed by atoms with E-state index in [1.807, 2.05) is 25.1 Å². The van der Waals surface area contributed by atoms with Crippen molar-refractivity contribution >= 4 is 27.8 Å². The summed E-state index contributed by atoms with van der Waals surface area (Å²) < 4.78 is 31.9. The first-order chi connectivity index (χ1) is 14.8. The van der Waals surface area contributed by atoms with Gasteiger partial charge in [0.25, 0.3) is 15.9 Å². The van der Waals surface area contributed by atoms with Crippen LogP contribution < -0.4 is 14.5 Å². The zero-order chi connectivity index (χ0) is 22.4. The molecule has 0 aliphatic heterocycles. The van der Waals surface area contributed by atoms with Gasteiger partial charge < -0.3 is 4.74 Å². The average Bonchev–Trinajstić information content (AvgIpc) is 2.79. The van der Waals surface area contributed by atoms with Gasteiger partial charge >= 0.3 is 0 Å². The third kappa shape index (κ3) is 5.29. The van der Waals surface area contributed by atoms with Crippen LogP contribution in [0.25, 0.3) is 0 Å². The van der Waals surface area contributed by atoms with Crippen molar-refractivity contribution in [1.82, 2.24) is 5.43 Å². The Morgan fingerprint density at radius 2 is 1.71 bits per heavy atom. The number of rotatable bonds is 7. The number of ether oxygens (including phenoxy) is 1. The molecule has 0 aromatic heterocycles. The molecule has 7 nitrogen and oxygen atoms in total. The predicted octanol–water partition coefficient (Wildman–Crippen LogP) is 3.59. The lowest BCUT2D eigenvalue weighted by Crippen LogP contribution is -2.26. The van der Waals surface area contributed by atoms with Gasteiger partial charge in [0.05, 0.1) is 23.9 Å². The van der Waals surface area contributed by atoms with Crippen LogP contribution in [0.2, 0.25) is 0 Å². The largest absolute Gasteiger partial charge is 0.497 e. The molecule has 0 spiro atoms. The molecule has 8 heteroatoms. The number of hydrogen-bond acceptors (Lipinski definition) is 5. The minimum absolute atomic E-state index is 0.203. The van der Waals surface area contributed by atoms with Crippen molar-refractivity contribution in [2.75, 3.05) is 18.5 Å². The maximum absolute atomic E-state index is 12.8. The number of methoxy groups -OCH3 is 1. The van der Waals surface area contributed by atoms with E-state index < -0.39 is 15.9 Å². The van der Waals surface area contributed by atoms with Gasteiger partial charge in [-0.05, 0) is 61.0 Å². The fourth-order valence-electron chi connectivity index (χ4n) is 2.78. The maximum atomic E-state index is 12.8. The summed E-state index contributed by atoms with van der Waals surface area (Å²) in [5, 5.41) is 3.95. The summed E-state index contributed by atoms with van der Waals surface area (Å²) in [6, 6.07) is 20.1. The molecule has 0 unspecified atom stereocenters. The summed E-state index contributed by atoms with van der Waals surface area (Å²) in [4.78, 5) is 12.5. The molecule has 0 atom stereocenters. The number of hydrazone groups is 1. The van der Waals surface area contributed by atoms with Gasteiger partial charge in [-0.3, -0.25) is 9.10 Å². The molecule has 1 amide bonds. The summed E-state index contributed by atoms with van der Waals surface area (Å²) in [7, 11) is -0.644. The summed E-state index contributed by atoms with van der Waals surface area (Å²) in [6.45, 7) is 1.89. The fraction of sp³-hybridized carbons (Fsp3) is 0.130.